The third-order valence-electron chi connectivity index (χ3n) is 6.51. The van der Waals surface area contributed by atoms with Gasteiger partial charge in [0.05, 0.1) is 16.7 Å². The SMILES string of the molecule is CC(C)(C)OOC(=O)c1ccc2c(c1)Oc1cc(C(=O)OOc3ccccc3)ccc1C21OC(=O)c2ccccc21. The number of para-hydroxylation sites is 1. The predicted octanol–water partition coefficient (Wildman–Crippen LogP) is 6.29. The van der Waals surface area contributed by atoms with Crippen LogP contribution in [0.4, 0.5) is 0 Å². The molecule has 0 radical (unpaired) electrons. The van der Waals surface area contributed by atoms with Crippen LogP contribution in [0.1, 0.15) is 68.5 Å². The fourth-order valence-corrected chi connectivity index (χ4v) is 4.75. The van der Waals surface area contributed by atoms with Crippen molar-refractivity contribution < 1.29 is 43.4 Å². The molecule has 6 rings (SSSR count). The van der Waals surface area contributed by atoms with Gasteiger partial charge in [-0.05, 0) is 75.4 Å². The lowest BCUT2D eigenvalue weighted by molar-refractivity contribution is -0.301. The van der Waals surface area contributed by atoms with Crippen LogP contribution in [-0.4, -0.2) is 23.5 Å². The van der Waals surface area contributed by atoms with Crippen molar-refractivity contribution in [2.75, 3.05) is 0 Å². The van der Waals surface area contributed by atoms with Gasteiger partial charge >= 0.3 is 17.9 Å². The van der Waals surface area contributed by atoms with Crippen LogP contribution in [0.25, 0.3) is 0 Å². The molecule has 206 valence electrons. The second kappa shape index (κ2) is 9.79. The van der Waals surface area contributed by atoms with E-state index in [0.29, 0.717) is 28.0 Å². The summed E-state index contributed by atoms with van der Waals surface area (Å²) < 4.78 is 12.3. The highest BCUT2D eigenvalue weighted by molar-refractivity contribution is 5.98. The molecule has 0 bridgehead atoms. The Bertz CT molecular complexity index is 1690. The lowest BCUT2D eigenvalue weighted by Crippen LogP contribution is -2.33. The Labute approximate surface area is 235 Å². The Balaban J connectivity index is 1.41. The average molecular weight is 553 g/mol. The van der Waals surface area contributed by atoms with Crippen molar-refractivity contribution in [3.05, 3.63) is 124 Å². The number of hydrogen-bond donors (Lipinski definition) is 0. The Morgan fingerprint density at radius 2 is 1.29 bits per heavy atom. The molecule has 0 aromatic heterocycles. The molecular weight excluding hydrogens is 528 g/mol. The molecule has 4 aromatic carbocycles. The first-order chi connectivity index (χ1) is 19.7. The Kier molecular flexibility index (Phi) is 6.23. The van der Waals surface area contributed by atoms with E-state index in [1.807, 2.05) is 0 Å². The molecule has 2 heterocycles. The number of hydrogen-bond acceptors (Lipinski definition) is 9. The summed E-state index contributed by atoms with van der Waals surface area (Å²) in [6, 6.07) is 24.9. The number of fused-ring (bicyclic) bond motifs is 6. The first kappa shape index (κ1) is 26.1. The topological polar surface area (TPSA) is 107 Å². The molecule has 0 saturated carbocycles. The van der Waals surface area contributed by atoms with Crippen molar-refractivity contribution in [3.63, 3.8) is 0 Å². The predicted molar refractivity (Wildman–Crippen MR) is 143 cm³/mol. The smallest absolute Gasteiger partial charge is 0.386 e. The van der Waals surface area contributed by atoms with Gasteiger partial charge in [0.25, 0.3) is 0 Å². The summed E-state index contributed by atoms with van der Waals surface area (Å²) in [5.41, 5.74) is 0.179. The van der Waals surface area contributed by atoms with E-state index in [9.17, 15) is 14.4 Å². The van der Waals surface area contributed by atoms with Crippen molar-refractivity contribution >= 4 is 17.9 Å². The maximum atomic E-state index is 13.1. The molecule has 0 saturated heterocycles. The third-order valence-corrected chi connectivity index (χ3v) is 6.51. The van der Waals surface area contributed by atoms with Gasteiger partial charge in [0, 0.05) is 16.7 Å². The number of ether oxygens (including phenoxy) is 2. The first-order valence-corrected chi connectivity index (χ1v) is 12.8. The minimum atomic E-state index is -1.39. The van der Waals surface area contributed by atoms with Crippen LogP contribution in [-0.2, 0) is 25.0 Å². The summed E-state index contributed by atoms with van der Waals surface area (Å²) in [5.74, 6) is -1.19. The van der Waals surface area contributed by atoms with Crippen LogP contribution in [0, 0.1) is 0 Å². The molecule has 2 aliphatic rings. The van der Waals surface area contributed by atoms with Gasteiger partial charge < -0.3 is 9.47 Å². The second-order valence-corrected chi connectivity index (χ2v) is 10.5. The highest BCUT2D eigenvalue weighted by Gasteiger charge is 2.53. The zero-order valence-electron chi connectivity index (χ0n) is 22.3. The molecular formula is C32H24O9. The van der Waals surface area contributed by atoms with Crippen molar-refractivity contribution in [3.8, 4) is 17.2 Å². The maximum Gasteiger partial charge on any atom is 0.386 e. The zero-order valence-corrected chi connectivity index (χ0v) is 22.3. The van der Waals surface area contributed by atoms with E-state index < -0.39 is 29.1 Å². The van der Waals surface area contributed by atoms with Crippen molar-refractivity contribution in [1.82, 2.24) is 0 Å². The lowest BCUT2D eigenvalue weighted by atomic mass is 9.77. The maximum absolute atomic E-state index is 13.1. The largest absolute Gasteiger partial charge is 0.456 e. The van der Waals surface area contributed by atoms with Crippen LogP contribution in [0.2, 0.25) is 0 Å². The van der Waals surface area contributed by atoms with E-state index in [4.69, 9.17) is 29.0 Å². The van der Waals surface area contributed by atoms with Crippen LogP contribution < -0.4 is 9.62 Å². The molecule has 4 aromatic rings. The number of carbonyl (C=O) groups is 3. The monoisotopic (exact) mass is 552 g/mol. The van der Waals surface area contributed by atoms with Gasteiger partial charge in [-0.25, -0.2) is 19.3 Å². The third kappa shape index (κ3) is 4.66. The fraction of sp³-hybridized carbons (Fsp3) is 0.156. The molecule has 41 heavy (non-hydrogen) atoms. The van der Waals surface area contributed by atoms with E-state index in [1.165, 1.54) is 18.2 Å². The molecule has 9 heteroatoms. The van der Waals surface area contributed by atoms with E-state index in [2.05, 4.69) is 0 Å². The molecule has 0 fully saturated rings. The summed E-state index contributed by atoms with van der Waals surface area (Å²) in [6.45, 7) is 5.24. The lowest BCUT2D eigenvalue weighted by Gasteiger charge is -2.36. The quantitative estimate of drug-likeness (QED) is 0.160. The summed E-state index contributed by atoms with van der Waals surface area (Å²) in [6.07, 6.45) is 0. The van der Waals surface area contributed by atoms with E-state index >= 15 is 0 Å². The number of rotatable bonds is 5. The molecule has 0 amide bonds. The minimum Gasteiger partial charge on any atom is -0.456 e. The van der Waals surface area contributed by atoms with Gasteiger partial charge in [0.2, 0.25) is 0 Å². The Hall–Kier alpha value is -5.15. The van der Waals surface area contributed by atoms with Crippen LogP contribution in [0.3, 0.4) is 0 Å². The Morgan fingerprint density at radius 1 is 0.707 bits per heavy atom. The molecule has 0 aliphatic carbocycles. The van der Waals surface area contributed by atoms with E-state index in [0.717, 1.165) is 0 Å². The fourth-order valence-electron chi connectivity index (χ4n) is 4.75. The highest BCUT2D eigenvalue weighted by atomic mass is 17.2. The van der Waals surface area contributed by atoms with E-state index in [1.54, 1.807) is 93.6 Å². The molecule has 9 nitrogen and oxygen atoms in total. The van der Waals surface area contributed by atoms with Crippen molar-refractivity contribution in [1.29, 1.82) is 0 Å². The standard InChI is InChI=1S/C32H24O9/c1-31(2,3)41-40-29(34)20-14-16-25-27(18-20)36-26-17-19(28(33)39-38-21-9-5-4-6-10-21)13-15-24(26)32(25)23-12-8-7-11-22(23)30(35)37-32/h4-18H,1-3H3. The second-order valence-electron chi connectivity index (χ2n) is 10.5. The van der Waals surface area contributed by atoms with Gasteiger partial charge in [-0.1, -0.05) is 36.4 Å². The summed E-state index contributed by atoms with van der Waals surface area (Å²) >= 11 is 0. The van der Waals surface area contributed by atoms with Crippen molar-refractivity contribution in [2.45, 2.75) is 32.0 Å². The van der Waals surface area contributed by atoms with Crippen molar-refractivity contribution in [2.24, 2.45) is 0 Å². The van der Waals surface area contributed by atoms with Gasteiger partial charge in [-0.15, -0.1) is 0 Å². The molecule has 1 spiro atoms. The molecule has 0 N–H and O–H groups in total. The van der Waals surface area contributed by atoms with Crippen LogP contribution in [0.5, 0.6) is 17.2 Å². The molecule has 1 atom stereocenters. The normalized spacial score (nSPS) is 16.5. The van der Waals surface area contributed by atoms with Gasteiger partial charge in [0.1, 0.15) is 17.1 Å². The summed E-state index contributed by atoms with van der Waals surface area (Å²) in [5, 5.41) is 0. The van der Waals surface area contributed by atoms with Gasteiger partial charge in [0.15, 0.2) is 11.4 Å². The molecule has 1 unspecified atom stereocenters. The minimum absolute atomic E-state index is 0.130. The number of esters is 1. The summed E-state index contributed by atoms with van der Waals surface area (Å²) in [7, 11) is 0. The zero-order chi connectivity index (χ0) is 28.8. The van der Waals surface area contributed by atoms with Gasteiger partial charge in [-0.2, -0.15) is 4.89 Å². The first-order valence-electron chi connectivity index (χ1n) is 12.8. The summed E-state index contributed by atoms with van der Waals surface area (Å²) in [4.78, 5) is 59.0. The molecule has 2 aliphatic heterocycles. The average Bonchev–Trinajstić information content (AvgIpc) is 3.27. The van der Waals surface area contributed by atoms with E-state index in [-0.39, 0.29) is 22.6 Å². The highest BCUT2D eigenvalue weighted by Crippen LogP contribution is 2.56. The van der Waals surface area contributed by atoms with Crippen LogP contribution in [0.15, 0.2) is 91.0 Å². The number of benzene rings is 4. The Morgan fingerprint density at radius 3 is 1.93 bits per heavy atom. The van der Waals surface area contributed by atoms with Gasteiger partial charge in [-0.3, -0.25) is 9.78 Å². The number of carbonyl (C=O) groups excluding carboxylic acids is 3. The van der Waals surface area contributed by atoms with Crippen LogP contribution >= 0.6 is 0 Å².